The fourth-order valence-corrected chi connectivity index (χ4v) is 12.6. The van der Waals surface area contributed by atoms with E-state index in [2.05, 4.69) is 84.1 Å². The van der Waals surface area contributed by atoms with Crippen LogP contribution < -0.4 is 26.4 Å². The third-order valence-corrected chi connectivity index (χ3v) is 17.0. The number of imidazole rings is 2. The maximum absolute atomic E-state index is 13.5. The molecule has 4 N–H and O–H groups in total. The second-order valence-corrected chi connectivity index (χ2v) is 23.2. The molecule has 9 aliphatic rings. The highest BCUT2D eigenvalue weighted by molar-refractivity contribution is 14.1. The summed E-state index contributed by atoms with van der Waals surface area (Å²) in [7, 11) is -1.83. The number of likely N-dealkylation sites (tertiary alicyclic amines) is 2. The molecule has 0 spiro atoms. The number of piperidine rings is 2. The predicted molar refractivity (Wildman–Crippen MR) is 269 cm³/mol. The Morgan fingerprint density at radius 3 is 1.47 bits per heavy atom. The van der Waals surface area contributed by atoms with Gasteiger partial charge < -0.3 is 39.4 Å². The largest absolute Gasteiger partial charge is 0.573 e. The van der Waals surface area contributed by atoms with Crippen LogP contribution in [0.1, 0.15) is 119 Å². The van der Waals surface area contributed by atoms with Crippen LogP contribution in [0, 0.1) is 3.70 Å². The summed E-state index contributed by atoms with van der Waals surface area (Å²) >= 11 is 2.27. The lowest BCUT2D eigenvalue weighted by Gasteiger charge is -2.75. The van der Waals surface area contributed by atoms with Crippen molar-refractivity contribution < 1.29 is 68.4 Å². The average molecular weight is 1200 g/mol. The average Bonchev–Trinajstić information content (AvgIpc) is 3.93. The summed E-state index contributed by atoms with van der Waals surface area (Å²) in [6.45, 7) is 13.4. The van der Waals surface area contributed by atoms with E-state index in [1.165, 1.54) is 18.5 Å². The van der Waals surface area contributed by atoms with Crippen molar-refractivity contribution in [2.45, 2.75) is 177 Å². The van der Waals surface area contributed by atoms with Gasteiger partial charge >= 0.3 is 19.8 Å². The van der Waals surface area contributed by atoms with Gasteiger partial charge in [-0.2, -0.15) is 0 Å². The lowest BCUT2D eigenvalue weighted by Crippen LogP contribution is -2.79. The molecule has 0 aromatic carbocycles. The van der Waals surface area contributed by atoms with Crippen molar-refractivity contribution in [3.05, 3.63) is 52.3 Å². The summed E-state index contributed by atoms with van der Waals surface area (Å²) in [6, 6.07) is 2.32. The van der Waals surface area contributed by atoms with Crippen LogP contribution in [0.4, 0.5) is 59.9 Å². The fraction of sp³-hybridized carbons (Fsp3) is 0.673. The van der Waals surface area contributed by atoms with Gasteiger partial charge in [-0.3, -0.25) is 14.2 Å². The summed E-state index contributed by atoms with van der Waals surface area (Å²) in [6.07, 6.45) is 4.42. The Labute approximate surface area is 448 Å². The van der Waals surface area contributed by atoms with Crippen LogP contribution in [-0.4, -0.2) is 126 Å². The van der Waals surface area contributed by atoms with Crippen molar-refractivity contribution in [1.82, 2.24) is 38.9 Å². The molecule has 0 amide bonds. The summed E-state index contributed by atoms with van der Waals surface area (Å²) in [5.74, 6) is -4.85. The minimum absolute atomic E-state index is 0.0115. The zero-order valence-corrected chi connectivity index (χ0v) is 45.1. The first kappa shape index (κ1) is 56.5. The van der Waals surface area contributed by atoms with E-state index in [0.29, 0.717) is 49.3 Å². The van der Waals surface area contributed by atoms with Crippen LogP contribution >= 0.6 is 22.6 Å². The summed E-state index contributed by atoms with van der Waals surface area (Å²) in [5, 5.41) is 0. The molecule has 3 aliphatic heterocycles. The molecule has 0 radical (unpaired) electrons. The molecule has 9 fully saturated rings. The molecule has 76 heavy (non-hydrogen) atoms. The molecule has 6 aliphatic carbocycles. The molecule has 0 atom stereocenters. The topological polar surface area (TPSA) is 157 Å². The molecule has 6 saturated carbocycles. The van der Waals surface area contributed by atoms with E-state index >= 15 is 0 Å². The first-order valence-electron chi connectivity index (χ1n) is 25.7. The zero-order chi connectivity index (χ0) is 56.6. The number of pyridine rings is 2. The van der Waals surface area contributed by atoms with Crippen LogP contribution in [0.5, 0.6) is 11.5 Å². The molecule has 7 heterocycles. The number of nitrogens with zero attached hydrogens (tertiary/aromatic N) is 8. The molecule has 0 unspecified atom stereocenters. The number of aromatic nitrogens is 6. The Morgan fingerprint density at radius 2 is 1.05 bits per heavy atom. The molecule has 4 bridgehead atoms. The van der Waals surface area contributed by atoms with E-state index < -0.39 is 61.5 Å². The molecule has 4 aromatic rings. The van der Waals surface area contributed by atoms with Crippen molar-refractivity contribution >= 4 is 46.8 Å². The molecule has 27 heteroatoms. The third kappa shape index (κ3) is 11.3. The van der Waals surface area contributed by atoms with Crippen molar-refractivity contribution in [1.29, 1.82) is 0 Å². The van der Waals surface area contributed by atoms with Gasteiger partial charge in [-0.05, 0) is 101 Å². The van der Waals surface area contributed by atoms with Gasteiger partial charge in [0.05, 0.1) is 36.5 Å². The molecule has 4 aromatic heterocycles. The van der Waals surface area contributed by atoms with Crippen molar-refractivity contribution in [2.24, 2.45) is 0 Å². The maximum Gasteiger partial charge on any atom is 0.573 e. The number of nitrogens with two attached hydrogens (primary N) is 2. The fourth-order valence-electron chi connectivity index (χ4n) is 12.0. The highest BCUT2D eigenvalue weighted by Gasteiger charge is 2.73. The second kappa shape index (κ2) is 20.2. The number of hydrogen-bond acceptors (Lipinski definition) is 12. The van der Waals surface area contributed by atoms with Crippen molar-refractivity contribution in [3.8, 4) is 22.8 Å². The Hall–Kier alpha value is -4.22. The van der Waals surface area contributed by atoms with E-state index in [1.807, 2.05) is 40.8 Å². The summed E-state index contributed by atoms with van der Waals surface area (Å²) < 4.78 is 169. The van der Waals surface area contributed by atoms with Crippen LogP contribution in [0.25, 0.3) is 11.3 Å². The highest BCUT2D eigenvalue weighted by Crippen LogP contribution is 2.70. The Morgan fingerprint density at radius 1 is 0.658 bits per heavy atom. The number of rotatable bonds is 10. The van der Waals surface area contributed by atoms with E-state index in [0.717, 1.165) is 66.4 Å². The van der Waals surface area contributed by atoms with E-state index in [9.17, 15) is 48.3 Å². The van der Waals surface area contributed by atoms with Gasteiger partial charge in [0.25, 0.3) is 11.8 Å². The van der Waals surface area contributed by atoms with Gasteiger partial charge in [0.1, 0.15) is 15.3 Å². The highest BCUT2D eigenvalue weighted by atomic mass is 127. The van der Waals surface area contributed by atoms with Gasteiger partial charge in [-0.25, -0.2) is 37.5 Å². The molecule has 3 saturated heterocycles. The monoisotopic (exact) mass is 1200 g/mol. The normalized spacial score (nSPS) is 28.8. The molecule has 420 valence electrons. The Bertz CT molecular complexity index is 2710. The van der Waals surface area contributed by atoms with Gasteiger partial charge in [0, 0.05) is 112 Å². The van der Waals surface area contributed by atoms with Crippen molar-refractivity contribution in [2.75, 3.05) is 44.8 Å². The summed E-state index contributed by atoms with van der Waals surface area (Å²) in [5.41, 5.74) is 11.2. The summed E-state index contributed by atoms with van der Waals surface area (Å²) in [4.78, 5) is 21.3. The molecular weight excluding hydrogens is 1140 g/mol. The lowest BCUT2D eigenvalue weighted by atomic mass is 9.43. The van der Waals surface area contributed by atoms with Gasteiger partial charge in [0.15, 0.2) is 23.1 Å². The number of halogens is 12. The predicted octanol–water partition coefficient (Wildman–Crippen LogP) is 10.2. The van der Waals surface area contributed by atoms with E-state index in [1.54, 1.807) is 0 Å². The maximum atomic E-state index is 13.5. The molecule has 13 rings (SSSR count). The van der Waals surface area contributed by atoms with Gasteiger partial charge in [-0.15, -0.1) is 26.3 Å². The van der Waals surface area contributed by atoms with Crippen LogP contribution in [0.3, 0.4) is 0 Å². The molecular formula is C49H63BF11IN10O4. The van der Waals surface area contributed by atoms with Crippen LogP contribution in [0.15, 0.2) is 36.9 Å². The van der Waals surface area contributed by atoms with Gasteiger partial charge in [0.2, 0.25) is 0 Å². The number of hydrogen-bond donors (Lipinski definition) is 2. The van der Waals surface area contributed by atoms with Crippen LogP contribution in [0.2, 0.25) is 0 Å². The number of ether oxygens (including phenoxy) is 2. The van der Waals surface area contributed by atoms with Crippen molar-refractivity contribution in [3.63, 3.8) is 0 Å². The lowest BCUT2D eigenvalue weighted by molar-refractivity contribution is -0.275. The Kier molecular flexibility index (Phi) is 15.0. The quantitative estimate of drug-likeness (QED) is 0.0882. The smallest absolute Gasteiger partial charge is 0.402 e. The number of anilines is 2. The number of aryl methyl sites for hydroxylation is 2. The standard InChI is InChI=1S/C21H24F5N5O.C15H20F2IN3.C12H16BF3N2O3.CH3F/c1-2-16-29-14(13-7-15(17(27)28-8-13)32-21(24,25)26)9-31(16)19-10-18(11-19,12-19)30-5-3-20(22,23)4-6-30;1-2-12-19-11(18)7-21(12)14-8-13(9-14,10-14)20-5-3-15(16,17)4-6-20;1-10(2)11(3,4)21-13(20-10)7-5-8(9(17)18-6-7)19-12(14,15)16;1-2/h7-9H,2-6,10-12H2,1H3,(H2,27,28);7H,2-6,8-10H2,1H3;5-6H,1-4H3,(H2,17,18);1H3/i;;;1D. The first-order valence-corrected chi connectivity index (χ1v) is 26.1. The molecule has 14 nitrogen and oxygen atoms in total. The minimum Gasteiger partial charge on any atom is -0.402 e. The van der Waals surface area contributed by atoms with Crippen LogP contribution in [-0.2, 0) is 33.2 Å². The van der Waals surface area contributed by atoms with E-state index in [-0.39, 0.29) is 59.5 Å². The second-order valence-electron chi connectivity index (χ2n) is 22.1. The first-order chi connectivity index (χ1) is 35.7. The minimum atomic E-state index is -4.87. The number of nitrogen functional groups attached to an aromatic ring is 2. The van der Waals surface area contributed by atoms with E-state index in [4.69, 9.17) is 22.1 Å². The van der Waals surface area contributed by atoms with Gasteiger partial charge in [-0.1, -0.05) is 13.8 Å². The number of alkyl halides is 11. The Balaban J connectivity index is 0.000000154. The SMILES string of the molecule is CC1(C)OB(c2cnc(N)c(OC(F)(F)F)c2)OC1(C)C.CCc1nc(-c2cnc(N)c(OC(F)(F)F)c2)cn1C12CC(N3CCC(F)(F)CC3)(C1)C2.CCc1nc(I)cn1C12CC(N3CCC(F)(F)CC3)(C1)C2.[2H]CF. The zero-order valence-electron chi connectivity index (χ0n) is 44.0. The third-order valence-electron chi connectivity index (χ3n) is 16.5.